The number of hydrogen-bond donors (Lipinski definition) is 3. The molecular weight excluding hydrogens is 498 g/mol. The van der Waals surface area contributed by atoms with E-state index in [9.17, 15) is 4.79 Å². The molecule has 0 saturated heterocycles. The molecule has 0 bridgehead atoms. The van der Waals surface area contributed by atoms with Gasteiger partial charge in [-0.25, -0.2) is 14.8 Å². The van der Waals surface area contributed by atoms with Gasteiger partial charge in [-0.05, 0) is 28.8 Å². The van der Waals surface area contributed by atoms with Crippen LogP contribution < -0.4 is 16.0 Å². The number of hydrogen-bond acceptors (Lipinski definition) is 5. The normalized spacial score (nSPS) is 10.8. The molecule has 0 radical (unpaired) electrons. The summed E-state index contributed by atoms with van der Waals surface area (Å²) in [5, 5.41) is 10.1. The van der Waals surface area contributed by atoms with Gasteiger partial charge in [0.1, 0.15) is 17.9 Å². The Hall–Kier alpha value is -5.43. The van der Waals surface area contributed by atoms with Crippen LogP contribution in [0.2, 0.25) is 0 Å². The fourth-order valence-corrected chi connectivity index (χ4v) is 4.65. The molecule has 6 rings (SSSR count). The summed E-state index contributed by atoms with van der Waals surface area (Å²) in [6.45, 7) is 0.945. The number of nitrogens with one attached hydrogen (secondary N) is 3. The Labute approximate surface area is 231 Å². The van der Waals surface area contributed by atoms with Crippen molar-refractivity contribution in [2.45, 2.75) is 13.1 Å². The third-order valence-electron chi connectivity index (χ3n) is 6.52. The molecule has 0 fully saturated rings. The maximum absolute atomic E-state index is 12.3. The van der Waals surface area contributed by atoms with Crippen molar-refractivity contribution in [3.05, 3.63) is 133 Å². The first kappa shape index (κ1) is 24.9. The zero-order valence-electron chi connectivity index (χ0n) is 21.7. The molecular formula is C33H27N5O2. The second-order valence-electron chi connectivity index (χ2n) is 9.29. The Balaban J connectivity index is 1.23. The molecule has 196 valence electrons. The molecule has 0 saturated carbocycles. The number of para-hydroxylation sites is 1. The summed E-state index contributed by atoms with van der Waals surface area (Å²) >= 11 is 0. The van der Waals surface area contributed by atoms with Crippen LogP contribution in [0.3, 0.4) is 0 Å². The highest BCUT2D eigenvalue weighted by molar-refractivity contribution is 6.05. The molecule has 2 heterocycles. The van der Waals surface area contributed by atoms with Crippen LogP contribution in [0.4, 0.5) is 16.3 Å². The van der Waals surface area contributed by atoms with Crippen molar-refractivity contribution in [2.24, 2.45) is 0 Å². The Kier molecular flexibility index (Phi) is 7.17. The quantitative estimate of drug-likeness (QED) is 0.191. The number of carbonyl (C=O) groups excluding carboxylic acids is 1. The SMILES string of the molecule is O=C(NCc1cccc(CNc2ncnc3oc(-c4ccccc4)c(-c4ccccc4)c23)c1)Nc1ccccc1. The summed E-state index contributed by atoms with van der Waals surface area (Å²) in [6, 6.07) is 37.4. The third-order valence-corrected chi connectivity index (χ3v) is 6.52. The molecule has 4 aromatic carbocycles. The number of anilines is 2. The molecule has 0 spiro atoms. The third kappa shape index (κ3) is 5.54. The molecule has 7 heteroatoms. The first-order valence-electron chi connectivity index (χ1n) is 13.0. The first-order chi connectivity index (χ1) is 19.7. The number of nitrogens with zero attached hydrogens (tertiary/aromatic N) is 2. The number of urea groups is 1. The maximum atomic E-state index is 12.3. The highest BCUT2D eigenvalue weighted by atomic mass is 16.3. The van der Waals surface area contributed by atoms with E-state index in [0.29, 0.717) is 24.6 Å². The summed E-state index contributed by atoms with van der Waals surface area (Å²) in [4.78, 5) is 21.3. The fourth-order valence-electron chi connectivity index (χ4n) is 4.65. The number of carbonyl (C=O) groups is 1. The largest absolute Gasteiger partial charge is 0.437 e. The van der Waals surface area contributed by atoms with Crippen molar-refractivity contribution >= 4 is 28.6 Å². The second kappa shape index (κ2) is 11.5. The predicted molar refractivity (Wildman–Crippen MR) is 159 cm³/mol. The van der Waals surface area contributed by atoms with E-state index in [2.05, 4.69) is 44.1 Å². The number of rotatable bonds is 8. The average Bonchev–Trinajstić information content (AvgIpc) is 3.41. The van der Waals surface area contributed by atoms with Crippen LogP contribution >= 0.6 is 0 Å². The summed E-state index contributed by atoms with van der Waals surface area (Å²) < 4.78 is 6.31. The molecule has 7 nitrogen and oxygen atoms in total. The van der Waals surface area contributed by atoms with Gasteiger partial charge in [0.25, 0.3) is 0 Å². The van der Waals surface area contributed by atoms with Crippen LogP contribution in [-0.2, 0) is 13.1 Å². The van der Waals surface area contributed by atoms with Crippen LogP contribution in [0, 0.1) is 0 Å². The monoisotopic (exact) mass is 525 g/mol. The van der Waals surface area contributed by atoms with E-state index in [1.165, 1.54) is 6.33 Å². The lowest BCUT2D eigenvalue weighted by atomic mass is 9.99. The van der Waals surface area contributed by atoms with Crippen molar-refractivity contribution in [2.75, 3.05) is 10.6 Å². The van der Waals surface area contributed by atoms with Crippen LogP contribution in [0.15, 0.2) is 126 Å². The number of aromatic nitrogens is 2. The minimum atomic E-state index is -0.249. The fraction of sp³-hybridized carbons (Fsp3) is 0.0606. The standard InChI is InChI=1S/C33H27N5O2/c39-33(38-27-17-8-3-9-18-27)35-21-24-12-10-11-23(19-24)20-34-31-29-28(25-13-4-1-5-14-25)30(26-15-6-2-7-16-26)40-32(29)37-22-36-31/h1-19,22H,20-21H2,(H,34,36,37)(H2,35,38,39). The topological polar surface area (TPSA) is 92.1 Å². The van der Waals surface area contributed by atoms with Crippen molar-refractivity contribution in [3.63, 3.8) is 0 Å². The predicted octanol–water partition coefficient (Wildman–Crippen LogP) is 7.49. The lowest BCUT2D eigenvalue weighted by Gasteiger charge is -2.11. The van der Waals surface area contributed by atoms with Gasteiger partial charge in [-0.3, -0.25) is 0 Å². The molecule has 0 atom stereocenters. The van der Waals surface area contributed by atoms with Gasteiger partial charge in [-0.15, -0.1) is 0 Å². The van der Waals surface area contributed by atoms with E-state index in [1.54, 1.807) is 0 Å². The molecule has 0 unspecified atom stereocenters. The number of amides is 2. The van der Waals surface area contributed by atoms with Crippen molar-refractivity contribution in [1.29, 1.82) is 0 Å². The van der Waals surface area contributed by atoms with E-state index < -0.39 is 0 Å². The Morgan fingerprint density at radius 2 is 1.35 bits per heavy atom. The van der Waals surface area contributed by atoms with Gasteiger partial charge >= 0.3 is 6.03 Å². The molecule has 40 heavy (non-hydrogen) atoms. The average molecular weight is 526 g/mol. The maximum Gasteiger partial charge on any atom is 0.319 e. The molecule has 0 aliphatic rings. The summed E-state index contributed by atoms with van der Waals surface area (Å²) in [5.74, 6) is 1.45. The Morgan fingerprint density at radius 1 is 0.700 bits per heavy atom. The van der Waals surface area contributed by atoms with E-state index in [4.69, 9.17) is 4.42 Å². The minimum Gasteiger partial charge on any atom is -0.437 e. The molecule has 0 aliphatic carbocycles. The van der Waals surface area contributed by atoms with Crippen LogP contribution in [0.5, 0.6) is 0 Å². The lowest BCUT2D eigenvalue weighted by molar-refractivity contribution is 0.251. The van der Waals surface area contributed by atoms with Crippen LogP contribution in [0.25, 0.3) is 33.6 Å². The first-order valence-corrected chi connectivity index (χ1v) is 13.0. The van der Waals surface area contributed by atoms with Crippen LogP contribution in [0.1, 0.15) is 11.1 Å². The smallest absolute Gasteiger partial charge is 0.319 e. The van der Waals surface area contributed by atoms with E-state index in [1.807, 2.05) is 97.1 Å². The second-order valence-corrected chi connectivity index (χ2v) is 9.29. The lowest BCUT2D eigenvalue weighted by Crippen LogP contribution is -2.28. The number of furan rings is 1. The Bertz CT molecular complexity index is 1740. The highest BCUT2D eigenvalue weighted by Crippen LogP contribution is 2.42. The molecule has 2 amide bonds. The van der Waals surface area contributed by atoms with Gasteiger partial charge in [0.05, 0.1) is 5.39 Å². The summed E-state index contributed by atoms with van der Waals surface area (Å²) in [5.41, 5.74) is 6.28. The van der Waals surface area contributed by atoms with Gasteiger partial charge in [-0.2, -0.15) is 0 Å². The number of fused-ring (bicyclic) bond motifs is 1. The van der Waals surface area contributed by atoms with Gasteiger partial charge in [0.2, 0.25) is 5.71 Å². The van der Waals surface area contributed by atoms with Gasteiger partial charge in [0.15, 0.2) is 0 Å². The van der Waals surface area contributed by atoms with E-state index >= 15 is 0 Å². The van der Waals surface area contributed by atoms with E-state index in [0.717, 1.165) is 44.7 Å². The Morgan fingerprint density at radius 3 is 2.08 bits per heavy atom. The molecule has 3 N–H and O–H groups in total. The minimum absolute atomic E-state index is 0.249. The van der Waals surface area contributed by atoms with Crippen molar-refractivity contribution in [3.8, 4) is 22.5 Å². The van der Waals surface area contributed by atoms with Crippen molar-refractivity contribution < 1.29 is 9.21 Å². The molecule has 2 aromatic heterocycles. The zero-order valence-corrected chi connectivity index (χ0v) is 21.7. The van der Waals surface area contributed by atoms with E-state index in [-0.39, 0.29) is 6.03 Å². The summed E-state index contributed by atoms with van der Waals surface area (Å²) in [6.07, 6.45) is 1.52. The van der Waals surface area contributed by atoms with Gasteiger partial charge in [0, 0.05) is 29.9 Å². The van der Waals surface area contributed by atoms with Gasteiger partial charge in [-0.1, -0.05) is 103 Å². The summed E-state index contributed by atoms with van der Waals surface area (Å²) in [7, 11) is 0. The molecule has 0 aliphatic heterocycles. The zero-order chi connectivity index (χ0) is 27.1. The van der Waals surface area contributed by atoms with Gasteiger partial charge < -0.3 is 20.4 Å². The van der Waals surface area contributed by atoms with Crippen molar-refractivity contribution in [1.82, 2.24) is 15.3 Å². The highest BCUT2D eigenvalue weighted by Gasteiger charge is 2.21. The number of benzene rings is 4. The molecule has 6 aromatic rings. The van der Waals surface area contributed by atoms with Crippen LogP contribution in [-0.4, -0.2) is 16.0 Å².